The van der Waals surface area contributed by atoms with Crippen molar-refractivity contribution < 1.29 is 4.74 Å². The Balaban J connectivity index is 1.30. The molecular weight excluding hydrogens is 372 g/mol. The molecule has 0 saturated carbocycles. The number of H-pyrrole nitrogens is 1. The second-order valence-corrected chi connectivity index (χ2v) is 7.33. The first-order valence-electron chi connectivity index (χ1n) is 8.95. The Morgan fingerprint density at radius 3 is 3.04 bits per heavy atom. The number of nitrogens with zero attached hydrogens (tertiary/aromatic N) is 4. The van der Waals surface area contributed by atoms with Crippen LogP contribution in [0.3, 0.4) is 0 Å². The SMILES string of the molecule is COc1cccc2[nH]cc(CCNc3nn4cc(-c5cccnc5)nc4s3)c12. The number of pyridine rings is 1. The summed E-state index contributed by atoms with van der Waals surface area (Å²) >= 11 is 1.54. The average molecular weight is 390 g/mol. The maximum atomic E-state index is 5.50. The van der Waals surface area contributed by atoms with Crippen LogP contribution >= 0.6 is 11.3 Å². The van der Waals surface area contributed by atoms with Crippen molar-refractivity contribution in [2.45, 2.75) is 6.42 Å². The smallest absolute Gasteiger partial charge is 0.214 e. The van der Waals surface area contributed by atoms with Crippen LogP contribution in [-0.4, -0.2) is 38.2 Å². The van der Waals surface area contributed by atoms with Crippen LogP contribution in [-0.2, 0) is 6.42 Å². The van der Waals surface area contributed by atoms with Crippen molar-refractivity contribution in [3.8, 4) is 17.0 Å². The van der Waals surface area contributed by atoms with Crippen LogP contribution in [0.2, 0.25) is 0 Å². The van der Waals surface area contributed by atoms with Crippen LogP contribution in [0.1, 0.15) is 5.56 Å². The molecule has 0 saturated heterocycles. The van der Waals surface area contributed by atoms with Crippen molar-refractivity contribution in [3.63, 3.8) is 0 Å². The van der Waals surface area contributed by atoms with E-state index in [1.54, 1.807) is 19.5 Å². The molecule has 0 aliphatic rings. The van der Waals surface area contributed by atoms with E-state index >= 15 is 0 Å². The molecule has 8 heteroatoms. The minimum atomic E-state index is 0.775. The van der Waals surface area contributed by atoms with E-state index in [0.29, 0.717) is 0 Å². The number of methoxy groups -OCH3 is 1. The molecule has 0 bridgehead atoms. The Kier molecular flexibility index (Phi) is 4.17. The Hall–Kier alpha value is -3.39. The molecule has 0 radical (unpaired) electrons. The number of imidazole rings is 1. The second kappa shape index (κ2) is 6.97. The Bertz CT molecular complexity index is 1210. The van der Waals surface area contributed by atoms with Gasteiger partial charge in [0.15, 0.2) is 0 Å². The van der Waals surface area contributed by atoms with Gasteiger partial charge in [0.1, 0.15) is 5.75 Å². The average Bonchev–Trinajstić information content (AvgIpc) is 3.42. The van der Waals surface area contributed by atoms with E-state index in [1.165, 1.54) is 16.9 Å². The predicted molar refractivity (Wildman–Crippen MR) is 111 cm³/mol. The van der Waals surface area contributed by atoms with Gasteiger partial charge in [0.2, 0.25) is 10.1 Å². The summed E-state index contributed by atoms with van der Waals surface area (Å²) in [6.07, 6.45) is 8.40. The first-order chi connectivity index (χ1) is 13.8. The molecule has 4 heterocycles. The van der Waals surface area contributed by atoms with Crippen LogP contribution < -0.4 is 10.1 Å². The Morgan fingerprint density at radius 2 is 2.21 bits per heavy atom. The van der Waals surface area contributed by atoms with Crippen LogP contribution in [0.4, 0.5) is 5.13 Å². The number of fused-ring (bicyclic) bond motifs is 2. The van der Waals surface area contributed by atoms with E-state index in [1.807, 2.05) is 41.2 Å². The normalized spacial score (nSPS) is 11.3. The molecule has 0 fully saturated rings. The molecule has 0 aliphatic carbocycles. The summed E-state index contributed by atoms with van der Waals surface area (Å²) in [5, 5.41) is 9.98. The van der Waals surface area contributed by atoms with Gasteiger partial charge in [-0.3, -0.25) is 4.98 Å². The monoisotopic (exact) mass is 390 g/mol. The van der Waals surface area contributed by atoms with Gasteiger partial charge in [-0.25, -0.2) is 9.50 Å². The number of ether oxygens (including phenoxy) is 1. The number of aromatic amines is 1. The maximum absolute atomic E-state index is 5.50. The van der Waals surface area contributed by atoms with Gasteiger partial charge in [-0.1, -0.05) is 17.4 Å². The number of aromatic nitrogens is 5. The van der Waals surface area contributed by atoms with Crippen molar-refractivity contribution in [2.24, 2.45) is 0 Å². The van der Waals surface area contributed by atoms with E-state index in [0.717, 1.165) is 51.0 Å². The third-order valence-corrected chi connectivity index (χ3v) is 5.52. The fourth-order valence-electron chi connectivity index (χ4n) is 3.32. The minimum absolute atomic E-state index is 0.775. The highest BCUT2D eigenvalue weighted by Gasteiger charge is 2.11. The molecule has 140 valence electrons. The standard InChI is InChI=1S/C20H18N6OS/c1-27-17-6-2-5-15-18(17)14(11-23-15)7-9-22-19-25-26-12-16(24-20(26)28-19)13-4-3-8-21-10-13/h2-6,8,10-12,23H,7,9H2,1H3,(H,22,25). The van der Waals surface area contributed by atoms with E-state index in [9.17, 15) is 0 Å². The lowest BCUT2D eigenvalue weighted by Gasteiger charge is -2.05. The molecule has 0 amide bonds. The van der Waals surface area contributed by atoms with Crippen LogP contribution in [0, 0.1) is 0 Å². The molecule has 0 aliphatic heterocycles. The molecule has 0 atom stereocenters. The number of anilines is 1. The molecule has 5 rings (SSSR count). The lowest BCUT2D eigenvalue weighted by atomic mass is 10.1. The number of hydrogen-bond acceptors (Lipinski definition) is 6. The number of hydrogen-bond donors (Lipinski definition) is 2. The first kappa shape index (κ1) is 16.8. The summed E-state index contributed by atoms with van der Waals surface area (Å²) in [5.41, 5.74) is 4.18. The topological polar surface area (TPSA) is 80.1 Å². The lowest BCUT2D eigenvalue weighted by molar-refractivity contribution is 0.419. The van der Waals surface area contributed by atoms with Gasteiger partial charge in [-0.05, 0) is 36.2 Å². The largest absolute Gasteiger partial charge is 0.496 e. The number of rotatable bonds is 6. The highest BCUT2D eigenvalue weighted by molar-refractivity contribution is 7.20. The third kappa shape index (κ3) is 2.97. The first-order valence-corrected chi connectivity index (χ1v) is 9.77. The fraction of sp³-hybridized carbons (Fsp3) is 0.150. The molecule has 1 aromatic carbocycles. The highest BCUT2D eigenvalue weighted by Crippen LogP contribution is 2.29. The zero-order valence-corrected chi connectivity index (χ0v) is 16.0. The van der Waals surface area contributed by atoms with Crippen LogP contribution in [0.5, 0.6) is 5.75 Å². The summed E-state index contributed by atoms with van der Waals surface area (Å²) in [5.74, 6) is 0.893. The van der Waals surface area contributed by atoms with Gasteiger partial charge in [0, 0.05) is 41.6 Å². The fourth-order valence-corrected chi connectivity index (χ4v) is 4.12. The van der Waals surface area contributed by atoms with Crippen molar-refractivity contribution in [1.29, 1.82) is 0 Å². The summed E-state index contributed by atoms with van der Waals surface area (Å²) < 4.78 is 7.31. The Labute approximate surface area is 165 Å². The predicted octanol–water partition coefficient (Wildman–Crippen LogP) is 4.00. The van der Waals surface area contributed by atoms with E-state index in [-0.39, 0.29) is 0 Å². The maximum Gasteiger partial charge on any atom is 0.214 e. The summed E-state index contributed by atoms with van der Waals surface area (Å²) in [6, 6.07) is 9.94. The van der Waals surface area contributed by atoms with Crippen molar-refractivity contribution in [3.05, 3.63) is 60.7 Å². The van der Waals surface area contributed by atoms with Gasteiger partial charge in [-0.2, -0.15) is 0 Å². The zero-order valence-electron chi connectivity index (χ0n) is 15.2. The zero-order chi connectivity index (χ0) is 18.9. The van der Waals surface area contributed by atoms with Crippen molar-refractivity contribution >= 4 is 32.3 Å². The van der Waals surface area contributed by atoms with Gasteiger partial charge in [0.05, 0.1) is 19.0 Å². The Morgan fingerprint density at radius 1 is 1.25 bits per heavy atom. The summed E-state index contributed by atoms with van der Waals surface area (Å²) in [4.78, 5) is 13.0. The van der Waals surface area contributed by atoms with Gasteiger partial charge in [-0.15, -0.1) is 5.10 Å². The van der Waals surface area contributed by atoms with Gasteiger partial charge in [0.25, 0.3) is 0 Å². The lowest BCUT2D eigenvalue weighted by Crippen LogP contribution is -2.04. The highest BCUT2D eigenvalue weighted by atomic mass is 32.1. The van der Waals surface area contributed by atoms with E-state index in [2.05, 4.69) is 31.4 Å². The molecular formula is C20H18N6OS. The van der Waals surface area contributed by atoms with Gasteiger partial charge >= 0.3 is 0 Å². The minimum Gasteiger partial charge on any atom is -0.496 e. The van der Waals surface area contributed by atoms with Crippen molar-refractivity contribution in [1.82, 2.24) is 24.6 Å². The molecule has 5 aromatic rings. The van der Waals surface area contributed by atoms with E-state index in [4.69, 9.17) is 4.74 Å². The summed E-state index contributed by atoms with van der Waals surface area (Å²) in [7, 11) is 1.70. The van der Waals surface area contributed by atoms with Crippen LogP contribution in [0.25, 0.3) is 27.1 Å². The van der Waals surface area contributed by atoms with E-state index < -0.39 is 0 Å². The molecule has 28 heavy (non-hydrogen) atoms. The molecule has 4 aromatic heterocycles. The van der Waals surface area contributed by atoms with Crippen molar-refractivity contribution in [2.75, 3.05) is 19.0 Å². The molecule has 2 N–H and O–H groups in total. The quantitative estimate of drug-likeness (QED) is 0.458. The summed E-state index contributed by atoms with van der Waals surface area (Å²) in [6.45, 7) is 0.775. The molecule has 0 spiro atoms. The number of nitrogens with one attached hydrogen (secondary N) is 2. The van der Waals surface area contributed by atoms with Gasteiger partial charge < -0.3 is 15.0 Å². The van der Waals surface area contributed by atoms with Crippen LogP contribution in [0.15, 0.2) is 55.1 Å². The second-order valence-electron chi connectivity index (χ2n) is 6.38. The number of benzene rings is 1. The third-order valence-electron chi connectivity index (χ3n) is 4.64. The molecule has 7 nitrogen and oxygen atoms in total. The molecule has 0 unspecified atom stereocenters.